The van der Waals surface area contributed by atoms with Gasteiger partial charge in [-0.1, -0.05) is 66.7 Å². The zero-order valence-electron chi connectivity index (χ0n) is 22.5. The molecular weight excluding hydrogens is 512 g/mol. The standard InChI is InChI=1S/C31H32N2O7/c1-19-18-33(30(37)32-29(19)36)26-17-23(34)27(40-26)28(35)31(20-11-5-4-6-12-20,21-13-7-9-15-24(21)38-2)22-14-8-10-16-25(22)39-3/h4-16,18,23,26-28,34-35H,17H2,1-3H3,(H,32,36,37)/t23-,26+,27-,28?/m0/s1. The van der Waals surface area contributed by atoms with Crippen LogP contribution in [-0.4, -0.2) is 52.3 Å². The van der Waals surface area contributed by atoms with Gasteiger partial charge in [0.25, 0.3) is 5.56 Å². The van der Waals surface area contributed by atoms with Gasteiger partial charge in [0.1, 0.15) is 29.9 Å². The summed E-state index contributed by atoms with van der Waals surface area (Å²) in [7, 11) is 3.12. The van der Waals surface area contributed by atoms with E-state index in [1.54, 1.807) is 21.1 Å². The lowest BCUT2D eigenvalue weighted by molar-refractivity contribution is -0.0980. The number of nitrogens with zero attached hydrogens (tertiary/aromatic N) is 1. The molecule has 3 aromatic carbocycles. The quantitative estimate of drug-likeness (QED) is 0.292. The number of hydrogen-bond donors (Lipinski definition) is 3. The van der Waals surface area contributed by atoms with Gasteiger partial charge in [-0.25, -0.2) is 4.79 Å². The second kappa shape index (κ2) is 11.1. The summed E-state index contributed by atoms with van der Waals surface area (Å²) in [5.74, 6) is 1.04. The van der Waals surface area contributed by atoms with Gasteiger partial charge in [0.2, 0.25) is 0 Å². The SMILES string of the molecule is COc1ccccc1C(c1ccccc1)(c1ccccc1OC)C(O)[C@H]1O[C@@H](n2cc(C)c(=O)[nH]c2=O)C[C@@H]1O. The maximum absolute atomic E-state index is 12.6. The number of aliphatic hydroxyl groups is 2. The highest BCUT2D eigenvalue weighted by molar-refractivity contribution is 5.60. The normalized spacial score (nSPS) is 19.8. The first-order valence-electron chi connectivity index (χ1n) is 13.0. The van der Waals surface area contributed by atoms with Crippen LogP contribution in [0.3, 0.4) is 0 Å². The number of rotatable bonds is 8. The number of aromatic nitrogens is 2. The lowest BCUT2D eigenvalue weighted by Crippen LogP contribution is -2.51. The molecule has 1 fully saturated rings. The lowest BCUT2D eigenvalue weighted by atomic mass is 9.63. The number of para-hydroxylation sites is 2. The average molecular weight is 545 g/mol. The molecule has 1 aromatic heterocycles. The van der Waals surface area contributed by atoms with Gasteiger partial charge < -0.3 is 24.4 Å². The van der Waals surface area contributed by atoms with Crippen LogP contribution in [0.25, 0.3) is 0 Å². The second-order valence-corrected chi connectivity index (χ2v) is 9.86. The van der Waals surface area contributed by atoms with Crippen LogP contribution in [0.5, 0.6) is 11.5 Å². The second-order valence-electron chi connectivity index (χ2n) is 9.86. The van der Waals surface area contributed by atoms with Crippen LogP contribution in [0.1, 0.15) is 34.9 Å². The van der Waals surface area contributed by atoms with Crippen molar-refractivity contribution in [3.8, 4) is 11.5 Å². The first-order chi connectivity index (χ1) is 19.3. The number of hydrogen-bond acceptors (Lipinski definition) is 7. The van der Waals surface area contributed by atoms with E-state index in [1.165, 1.54) is 10.8 Å². The van der Waals surface area contributed by atoms with Crippen LogP contribution in [-0.2, 0) is 10.2 Å². The average Bonchev–Trinajstić information content (AvgIpc) is 3.37. The molecule has 208 valence electrons. The zero-order valence-corrected chi connectivity index (χ0v) is 22.5. The highest BCUT2D eigenvalue weighted by Crippen LogP contribution is 2.51. The molecule has 2 heterocycles. The molecule has 5 rings (SSSR count). The zero-order chi connectivity index (χ0) is 28.4. The summed E-state index contributed by atoms with van der Waals surface area (Å²) in [5, 5.41) is 23.8. The van der Waals surface area contributed by atoms with Gasteiger partial charge in [-0.2, -0.15) is 0 Å². The van der Waals surface area contributed by atoms with E-state index in [9.17, 15) is 19.8 Å². The number of benzene rings is 3. The molecule has 1 saturated heterocycles. The van der Waals surface area contributed by atoms with Crippen molar-refractivity contribution in [1.29, 1.82) is 0 Å². The van der Waals surface area contributed by atoms with Gasteiger partial charge in [-0.3, -0.25) is 14.3 Å². The Labute approximate surface area is 231 Å². The van der Waals surface area contributed by atoms with Gasteiger partial charge in [0.05, 0.1) is 25.7 Å². The molecule has 9 heteroatoms. The van der Waals surface area contributed by atoms with Crippen LogP contribution >= 0.6 is 0 Å². The minimum atomic E-state index is -1.39. The largest absolute Gasteiger partial charge is 0.496 e. The number of aromatic amines is 1. The van der Waals surface area contributed by atoms with Crippen molar-refractivity contribution in [3.05, 3.63) is 128 Å². The number of H-pyrrole nitrogens is 1. The Morgan fingerprint density at radius 1 is 0.925 bits per heavy atom. The molecule has 0 aliphatic carbocycles. The number of ether oxygens (including phenoxy) is 3. The third-order valence-electron chi connectivity index (χ3n) is 7.64. The van der Waals surface area contributed by atoms with Crippen LogP contribution < -0.4 is 20.7 Å². The minimum absolute atomic E-state index is 0.0236. The predicted octanol–water partition coefficient (Wildman–Crippen LogP) is 2.91. The van der Waals surface area contributed by atoms with E-state index in [-0.39, 0.29) is 6.42 Å². The molecular formula is C31H32N2O7. The first-order valence-corrected chi connectivity index (χ1v) is 13.0. The maximum atomic E-state index is 12.6. The first kappa shape index (κ1) is 27.4. The fraction of sp³-hybridized carbons (Fsp3) is 0.290. The van der Waals surface area contributed by atoms with Crippen molar-refractivity contribution in [2.45, 2.75) is 43.3 Å². The van der Waals surface area contributed by atoms with Crippen molar-refractivity contribution in [3.63, 3.8) is 0 Å². The Hall–Kier alpha value is -4.18. The summed E-state index contributed by atoms with van der Waals surface area (Å²) >= 11 is 0. The molecule has 1 aliphatic heterocycles. The van der Waals surface area contributed by atoms with Crippen LogP contribution in [0.15, 0.2) is 94.6 Å². The van der Waals surface area contributed by atoms with E-state index in [4.69, 9.17) is 14.2 Å². The van der Waals surface area contributed by atoms with Crippen molar-refractivity contribution < 1.29 is 24.4 Å². The predicted molar refractivity (Wildman–Crippen MR) is 149 cm³/mol. The molecule has 0 radical (unpaired) electrons. The van der Waals surface area contributed by atoms with E-state index in [2.05, 4.69) is 4.98 Å². The summed E-state index contributed by atoms with van der Waals surface area (Å²) in [6.07, 6.45) is -3.16. The monoisotopic (exact) mass is 544 g/mol. The van der Waals surface area contributed by atoms with Gasteiger partial charge in [0.15, 0.2) is 0 Å². The van der Waals surface area contributed by atoms with E-state index >= 15 is 0 Å². The molecule has 4 atom stereocenters. The van der Waals surface area contributed by atoms with Crippen molar-refractivity contribution >= 4 is 0 Å². The fourth-order valence-electron chi connectivity index (χ4n) is 5.77. The highest BCUT2D eigenvalue weighted by Gasteiger charge is 2.54. The van der Waals surface area contributed by atoms with E-state index in [0.717, 1.165) is 0 Å². The number of aryl methyl sites for hydroxylation is 1. The molecule has 0 spiro atoms. The Morgan fingerprint density at radius 3 is 2.05 bits per heavy atom. The molecule has 9 nitrogen and oxygen atoms in total. The van der Waals surface area contributed by atoms with Crippen molar-refractivity contribution in [1.82, 2.24) is 9.55 Å². The molecule has 1 unspecified atom stereocenters. The summed E-state index contributed by atoms with van der Waals surface area (Å²) < 4.78 is 19.1. The molecule has 0 saturated carbocycles. The Bertz CT molecular complexity index is 1550. The van der Waals surface area contributed by atoms with Gasteiger partial charge in [-0.15, -0.1) is 0 Å². The van der Waals surface area contributed by atoms with Crippen LogP contribution in [0, 0.1) is 6.92 Å². The molecule has 0 amide bonds. The third kappa shape index (κ3) is 4.52. The molecule has 0 bridgehead atoms. The topological polar surface area (TPSA) is 123 Å². The lowest BCUT2D eigenvalue weighted by Gasteiger charge is -2.43. The van der Waals surface area contributed by atoms with E-state index in [1.807, 2.05) is 78.9 Å². The van der Waals surface area contributed by atoms with Gasteiger partial charge in [0, 0.05) is 29.3 Å². The molecule has 3 N–H and O–H groups in total. The minimum Gasteiger partial charge on any atom is -0.496 e. The summed E-state index contributed by atoms with van der Waals surface area (Å²) in [6.45, 7) is 1.58. The summed E-state index contributed by atoms with van der Waals surface area (Å²) in [4.78, 5) is 26.9. The molecule has 1 aliphatic rings. The number of methoxy groups -OCH3 is 2. The molecule has 4 aromatic rings. The maximum Gasteiger partial charge on any atom is 0.330 e. The van der Waals surface area contributed by atoms with E-state index in [0.29, 0.717) is 33.8 Å². The Morgan fingerprint density at radius 2 is 1.48 bits per heavy atom. The number of aliphatic hydroxyl groups excluding tert-OH is 2. The van der Waals surface area contributed by atoms with Crippen molar-refractivity contribution in [2.24, 2.45) is 0 Å². The van der Waals surface area contributed by atoms with Gasteiger partial charge >= 0.3 is 5.69 Å². The van der Waals surface area contributed by atoms with Crippen molar-refractivity contribution in [2.75, 3.05) is 14.2 Å². The van der Waals surface area contributed by atoms with Gasteiger partial charge in [-0.05, 0) is 24.6 Å². The Balaban J connectivity index is 1.75. The Kier molecular flexibility index (Phi) is 7.62. The summed E-state index contributed by atoms with van der Waals surface area (Å²) in [6, 6.07) is 24.2. The summed E-state index contributed by atoms with van der Waals surface area (Å²) in [5.41, 5.74) is -0.184. The van der Waals surface area contributed by atoms with Crippen LogP contribution in [0.4, 0.5) is 0 Å². The van der Waals surface area contributed by atoms with Crippen LogP contribution in [0.2, 0.25) is 0 Å². The third-order valence-corrected chi connectivity index (χ3v) is 7.64. The molecule has 40 heavy (non-hydrogen) atoms. The van der Waals surface area contributed by atoms with E-state index < -0.39 is 41.2 Å². The number of nitrogens with one attached hydrogen (secondary N) is 1. The fourth-order valence-corrected chi connectivity index (χ4v) is 5.77. The smallest absolute Gasteiger partial charge is 0.330 e. The highest BCUT2D eigenvalue weighted by atomic mass is 16.5.